The number of nitrogens with zero attached hydrogens (tertiary/aromatic N) is 3. The Kier molecular flexibility index (Phi) is 5.52. The van der Waals surface area contributed by atoms with Crippen molar-refractivity contribution in [1.29, 1.82) is 0 Å². The lowest BCUT2D eigenvalue weighted by atomic mass is 10.1. The van der Waals surface area contributed by atoms with Crippen molar-refractivity contribution in [3.8, 4) is 28.3 Å². The van der Waals surface area contributed by atoms with Crippen molar-refractivity contribution in [3.63, 3.8) is 0 Å². The number of hydrogen-bond acceptors (Lipinski definition) is 4. The summed E-state index contributed by atoms with van der Waals surface area (Å²) in [5.41, 5.74) is 5.71. The van der Waals surface area contributed by atoms with Gasteiger partial charge in [0.25, 0.3) is 0 Å². The van der Waals surface area contributed by atoms with Crippen LogP contribution in [-0.2, 0) is 0 Å². The van der Waals surface area contributed by atoms with Gasteiger partial charge in [-0.2, -0.15) is 5.10 Å². The molecular formula is C28H21N3O2. The van der Waals surface area contributed by atoms with Crippen LogP contribution in [0.25, 0.3) is 34.2 Å². The summed E-state index contributed by atoms with van der Waals surface area (Å²) in [6.45, 7) is 0. The Morgan fingerprint density at radius 1 is 0.848 bits per heavy atom. The number of ketones is 1. The number of benzene rings is 3. The molecule has 0 N–H and O–H groups in total. The molecule has 0 atom stereocenters. The Hall–Kier alpha value is -4.51. The largest absolute Gasteiger partial charge is 0.497 e. The molecule has 5 nitrogen and oxygen atoms in total. The maximum absolute atomic E-state index is 12.6. The first-order valence-electron chi connectivity index (χ1n) is 10.6. The van der Waals surface area contributed by atoms with Gasteiger partial charge in [0, 0.05) is 22.8 Å². The maximum atomic E-state index is 12.6. The van der Waals surface area contributed by atoms with Gasteiger partial charge in [-0.15, -0.1) is 0 Å². The van der Waals surface area contributed by atoms with Gasteiger partial charge in [-0.1, -0.05) is 60.7 Å². The van der Waals surface area contributed by atoms with Crippen molar-refractivity contribution in [2.75, 3.05) is 7.11 Å². The van der Waals surface area contributed by atoms with E-state index in [-0.39, 0.29) is 5.78 Å². The lowest BCUT2D eigenvalue weighted by Crippen LogP contribution is -1.99. The van der Waals surface area contributed by atoms with Crippen LogP contribution in [0.1, 0.15) is 16.1 Å². The molecule has 2 aromatic heterocycles. The number of allylic oxidation sites excluding steroid dienone is 1. The van der Waals surface area contributed by atoms with Crippen molar-refractivity contribution in [2.24, 2.45) is 0 Å². The number of carbonyl (C=O) groups is 1. The number of ether oxygens (including phenoxy) is 1. The zero-order valence-corrected chi connectivity index (χ0v) is 18.1. The SMILES string of the molecule is COc1ccc(-c2cc(/C=C/C(=O)c3ccccc3)nc3cc(-c4ccccc4)nn23)cc1. The number of fused-ring (bicyclic) bond motifs is 1. The molecule has 0 saturated carbocycles. The fraction of sp³-hybridized carbons (Fsp3) is 0.0357. The molecule has 33 heavy (non-hydrogen) atoms. The van der Waals surface area contributed by atoms with Crippen LogP contribution in [0.4, 0.5) is 0 Å². The number of carbonyl (C=O) groups excluding carboxylic acids is 1. The smallest absolute Gasteiger partial charge is 0.185 e. The number of hydrogen-bond donors (Lipinski definition) is 0. The van der Waals surface area contributed by atoms with Gasteiger partial charge in [0.15, 0.2) is 11.4 Å². The van der Waals surface area contributed by atoms with Gasteiger partial charge in [0.1, 0.15) is 5.75 Å². The minimum absolute atomic E-state index is 0.0678. The summed E-state index contributed by atoms with van der Waals surface area (Å²) in [7, 11) is 1.64. The zero-order chi connectivity index (χ0) is 22.6. The summed E-state index contributed by atoms with van der Waals surface area (Å²) in [5, 5.41) is 4.82. The van der Waals surface area contributed by atoms with Crippen molar-refractivity contribution in [2.45, 2.75) is 0 Å². The highest BCUT2D eigenvalue weighted by Gasteiger charge is 2.12. The molecule has 2 heterocycles. The standard InChI is InChI=1S/C28H21N3O2/c1-33-24-15-12-21(13-16-24)26-18-23(14-17-27(32)22-10-6-3-7-11-22)29-28-19-25(30-31(26)28)20-8-4-2-5-9-20/h2-19H,1H3/b17-14+. The molecule has 0 bridgehead atoms. The van der Waals surface area contributed by atoms with Crippen molar-refractivity contribution < 1.29 is 9.53 Å². The zero-order valence-electron chi connectivity index (χ0n) is 18.1. The van der Waals surface area contributed by atoms with E-state index >= 15 is 0 Å². The van der Waals surface area contributed by atoms with Crippen LogP contribution in [0.15, 0.2) is 103 Å². The Balaban J connectivity index is 1.61. The Labute approximate surface area is 191 Å². The molecule has 0 aliphatic carbocycles. The summed E-state index contributed by atoms with van der Waals surface area (Å²) < 4.78 is 7.14. The fourth-order valence-corrected chi connectivity index (χ4v) is 3.66. The molecule has 5 aromatic rings. The summed E-state index contributed by atoms with van der Waals surface area (Å²) >= 11 is 0. The van der Waals surface area contributed by atoms with Gasteiger partial charge in [0.2, 0.25) is 0 Å². The van der Waals surface area contributed by atoms with Gasteiger partial charge < -0.3 is 4.74 Å². The second-order valence-electron chi connectivity index (χ2n) is 7.52. The van der Waals surface area contributed by atoms with E-state index in [1.165, 1.54) is 0 Å². The Bertz CT molecular complexity index is 1440. The van der Waals surface area contributed by atoms with Crippen molar-refractivity contribution in [3.05, 3.63) is 114 Å². The van der Waals surface area contributed by atoms with Crippen LogP contribution in [0, 0.1) is 0 Å². The molecule has 160 valence electrons. The predicted octanol–water partition coefficient (Wildman–Crippen LogP) is 5.97. The third-order valence-corrected chi connectivity index (χ3v) is 5.37. The average Bonchev–Trinajstić information content (AvgIpc) is 3.32. The molecule has 0 fully saturated rings. The molecular weight excluding hydrogens is 410 g/mol. The van der Waals surface area contributed by atoms with Gasteiger partial charge in [-0.05, 0) is 42.5 Å². The first-order chi connectivity index (χ1) is 16.2. The van der Waals surface area contributed by atoms with E-state index in [0.29, 0.717) is 16.9 Å². The molecule has 0 aliphatic heterocycles. The van der Waals surface area contributed by atoms with Crippen LogP contribution in [-0.4, -0.2) is 27.5 Å². The topological polar surface area (TPSA) is 56.5 Å². The second-order valence-corrected chi connectivity index (χ2v) is 7.52. The third-order valence-electron chi connectivity index (χ3n) is 5.37. The average molecular weight is 431 g/mol. The molecule has 0 unspecified atom stereocenters. The van der Waals surface area contributed by atoms with E-state index in [0.717, 1.165) is 28.3 Å². The number of aromatic nitrogens is 3. The Morgan fingerprint density at radius 3 is 2.24 bits per heavy atom. The minimum Gasteiger partial charge on any atom is -0.497 e. The molecule has 0 saturated heterocycles. The highest BCUT2D eigenvalue weighted by molar-refractivity contribution is 6.06. The van der Waals surface area contributed by atoms with Crippen LogP contribution < -0.4 is 4.74 Å². The highest BCUT2D eigenvalue weighted by atomic mass is 16.5. The van der Waals surface area contributed by atoms with E-state index in [1.807, 2.05) is 89.4 Å². The quantitative estimate of drug-likeness (QED) is 0.246. The molecule has 0 amide bonds. The van der Waals surface area contributed by atoms with E-state index in [2.05, 4.69) is 0 Å². The maximum Gasteiger partial charge on any atom is 0.185 e. The Morgan fingerprint density at radius 2 is 1.55 bits per heavy atom. The molecule has 5 heteroatoms. The van der Waals surface area contributed by atoms with Crippen LogP contribution >= 0.6 is 0 Å². The van der Waals surface area contributed by atoms with Gasteiger partial charge >= 0.3 is 0 Å². The normalized spacial score (nSPS) is 11.2. The van der Waals surface area contributed by atoms with Crippen LogP contribution in [0.2, 0.25) is 0 Å². The first-order valence-corrected chi connectivity index (χ1v) is 10.6. The van der Waals surface area contributed by atoms with Crippen LogP contribution in [0.3, 0.4) is 0 Å². The second kappa shape index (κ2) is 8.93. The molecule has 0 spiro atoms. The van der Waals surface area contributed by atoms with E-state index in [1.54, 1.807) is 31.4 Å². The minimum atomic E-state index is -0.0678. The van der Waals surface area contributed by atoms with E-state index < -0.39 is 0 Å². The molecule has 0 aliphatic rings. The monoisotopic (exact) mass is 431 g/mol. The van der Waals surface area contributed by atoms with Crippen molar-refractivity contribution >= 4 is 17.5 Å². The fourth-order valence-electron chi connectivity index (χ4n) is 3.66. The molecule has 3 aromatic carbocycles. The number of rotatable bonds is 6. The third kappa shape index (κ3) is 4.29. The summed E-state index contributed by atoms with van der Waals surface area (Å²) in [6.07, 6.45) is 3.30. The van der Waals surface area contributed by atoms with Gasteiger partial charge in [-0.25, -0.2) is 9.50 Å². The summed E-state index contributed by atoms with van der Waals surface area (Å²) in [5.74, 6) is 0.713. The van der Waals surface area contributed by atoms with E-state index in [9.17, 15) is 4.79 Å². The predicted molar refractivity (Wildman–Crippen MR) is 130 cm³/mol. The van der Waals surface area contributed by atoms with E-state index in [4.69, 9.17) is 14.8 Å². The number of methoxy groups -OCH3 is 1. The van der Waals surface area contributed by atoms with Gasteiger partial charge in [-0.3, -0.25) is 4.79 Å². The first kappa shape index (κ1) is 20.4. The summed E-state index contributed by atoms with van der Waals surface area (Å²) in [4.78, 5) is 17.3. The summed E-state index contributed by atoms with van der Waals surface area (Å²) in [6, 6.07) is 30.9. The molecule has 5 rings (SSSR count). The highest BCUT2D eigenvalue weighted by Crippen LogP contribution is 2.27. The van der Waals surface area contributed by atoms with Crippen molar-refractivity contribution in [1.82, 2.24) is 14.6 Å². The lowest BCUT2D eigenvalue weighted by Gasteiger charge is -2.08. The molecule has 0 radical (unpaired) electrons. The van der Waals surface area contributed by atoms with Crippen LogP contribution in [0.5, 0.6) is 5.75 Å². The lowest BCUT2D eigenvalue weighted by molar-refractivity contribution is 0.104. The van der Waals surface area contributed by atoms with Gasteiger partial charge in [0.05, 0.1) is 24.2 Å².